The van der Waals surface area contributed by atoms with Crippen LogP contribution in [-0.2, 0) is 18.4 Å². The number of ether oxygens (including phenoxy) is 1. The van der Waals surface area contributed by atoms with E-state index in [1.165, 1.54) is 11.1 Å². The molecule has 110 valence electrons. The van der Waals surface area contributed by atoms with Crippen molar-refractivity contribution in [2.75, 3.05) is 7.11 Å². The predicted octanol–water partition coefficient (Wildman–Crippen LogP) is 4.14. The van der Waals surface area contributed by atoms with Gasteiger partial charge in [-0.15, -0.1) is 0 Å². The molecule has 0 fully saturated rings. The first-order valence-electron chi connectivity index (χ1n) is 7.17. The molecule has 0 aromatic heterocycles. The maximum Gasteiger partial charge on any atom is 0.133 e. The average molecular weight is 347 g/mol. The van der Waals surface area contributed by atoms with E-state index in [9.17, 15) is 5.11 Å². The van der Waals surface area contributed by atoms with Crippen molar-refractivity contribution >= 4 is 15.9 Å². The Bertz CT molecular complexity index is 681. The van der Waals surface area contributed by atoms with Gasteiger partial charge in [-0.2, -0.15) is 0 Å². The zero-order valence-corrected chi connectivity index (χ0v) is 13.9. The third-order valence-electron chi connectivity index (χ3n) is 4.29. The Labute approximate surface area is 133 Å². The lowest BCUT2D eigenvalue weighted by molar-refractivity contribution is 0.0389. The van der Waals surface area contributed by atoms with Gasteiger partial charge in [-0.1, -0.05) is 29.8 Å². The van der Waals surface area contributed by atoms with E-state index < -0.39 is 5.60 Å². The molecule has 0 bridgehead atoms. The molecule has 0 radical (unpaired) electrons. The van der Waals surface area contributed by atoms with Gasteiger partial charge in [0, 0.05) is 6.42 Å². The monoisotopic (exact) mass is 346 g/mol. The Morgan fingerprint density at radius 3 is 2.76 bits per heavy atom. The van der Waals surface area contributed by atoms with Crippen LogP contribution >= 0.6 is 15.9 Å². The summed E-state index contributed by atoms with van der Waals surface area (Å²) in [5.41, 5.74) is 3.92. The van der Waals surface area contributed by atoms with Crippen LogP contribution in [-0.4, -0.2) is 12.2 Å². The van der Waals surface area contributed by atoms with E-state index in [-0.39, 0.29) is 0 Å². The summed E-state index contributed by atoms with van der Waals surface area (Å²) in [7, 11) is 1.66. The Hall–Kier alpha value is -1.32. The zero-order chi connectivity index (χ0) is 15.0. The van der Waals surface area contributed by atoms with E-state index in [2.05, 4.69) is 41.1 Å². The van der Waals surface area contributed by atoms with Crippen molar-refractivity contribution in [3.8, 4) is 5.75 Å². The van der Waals surface area contributed by atoms with Crippen molar-refractivity contribution < 1.29 is 9.84 Å². The van der Waals surface area contributed by atoms with Gasteiger partial charge < -0.3 is 9.84 Å². The Morgan fingerprint density at radius 1 is 1.24 bits per heavy atom. The lowest BCUT2D eigenvalue weighted by Crippen LogP contribution is -2.25. The van der Waals surface area contributed by atoms with Crippen LogP contribution in [0.2, 0.25) is 0 Å². The minimum atomic E-state index is -0.755. The van der Waals surface area contributed by atoms with Crippen molar-refractivity contribution in [2.24, 2.45) is 0 Å². The van der Waals surface area contributed by atoms with E-state index >= 15 is 0 Å². The lowest BCUT2D eigenvalue weighted by atomic mass is 9.88. The van der Waals surface area contributed by atoms with Gasteiger partial charge in [-0.25, -0.2) is 0 Å². The number of methoxy groups -OCH3 is 1. The third-order valence-corrected chi connectivity index (χ3v) is 4.91. The van der Waals surface area contributed by atoms with Gasteiger partial charge in [-0.05, 0) is 64.5 Å². The second kappa shape index (κ2) is 5.47. The number of hydrogen-bond donors (Lipinski definition) is 1. The van der Waals surface area contributed by atoms with E-state index in [1.54, 1.807) is 7.11 Å². The molecule has 2 aromatic carbocycles. The second-order valence-corrected chi connectivity index (χ2v) is 6.69. The van der Waals surface area contributed by atoms with Crippen LogP contribution in [0.25, 0.3) is 0 Å². The van der Waals surface area contributed by atoms with Gasteiger partial charge in [0.25, 0.3) is 0 Å². The fourth-order valence-electron chi connectivity index (χ4n) is 3.16. The molecule has 21 heavy (non-hydrogen) atoms. The summed E-state index contributed by atoms with van der Waals surface area (Å²) in [5.74, 6) is 0.813. The standard InChI is InChI=1S/C18H19BrO2/c1-12-3-5-14-7-8-18(20,15(14)9-12)11-13-4-6-17(21-2)16(19)10-13/h3-6,9-10,20H,7-8,11H2,1-2H3. The molecular weight excluding hydrogens is 328 g/mol. The second-order valence-electron chi connectivity index (χ2n) is 5.84. The van der Waals surface area contributed by atoms with Crippen molar-refractivity contribution in [2.45, 2.75) is 31.8 Å². The Balaban J connectivity index is 1.92. The van der Waals surface area contributed by atoms with Crippen LogP contribution in [0.5, 0.6) is 5.75 Å². The van der Waals surface area contributed by atoms with Crippen LogP contribution < -0.4 is 4.74 Å². The normalized spacial score (nSPS) is 20.4. The number of benzene rings is 2. The molecule has 1 aliphatic carbocycles. The molecule has 2 nitrogen and oxygen atoms in total. The number of halogens is 1. The fourth-order valence-corrected chi connectivity index (χ4v) is 3.75. The van der Waals surface area contributed by atoms with Crippen LogP contribution in [0.4, 0.5) is 0 Å². The highest BCUT2D eigenvalue weighted by atomic mass is 79.9. The minimum Gasteiger partial charge on any atom is -0.496 e. The summed E-state index contributed by atoms with van der Waals surface area (Å²) >= 11 is 3.51. The summed E-state index contributed by atoms with van der Waals surface area (Å²) in [6.45, 7) is 2.07. The van der Waals surface area contributed by atoms with E-state index in [0.717, 1.165) is 34.2 Å². The molecule has 3 rings (SSSR count). The average Bonchev–Trinajstić information content (AvgIpc) is 2.76. The number of aliphatic hydroxyl groups is 1. The van der Waals surface area contributed by atoms with Crippen LogP contribution in [0.1, 0.15) is 28.7 Å². The van der Waals surface area contributed by atoms with Crippen LogP contribution in [0.15, 0.2) is 40.9 Å². The Kier molecular flexibility index (Phi) is 3.80. The largest absolute Gasteiger partial charge is 0.496 e. The van der Waals surface area contributed by atoms with E-state index in [1.807, 2.05) is 18.2 Å². The zero-order valence-electron chi connectivity index (χ0n) is 12.3. The van der Waals surface area contributed by atoms with Crippen LogP contribution in [0, 0.1) is 6.92 Å². The Morgan fingerprint density at radius 2 is 2.05 bits per heavy atom. The van der Waals surface area contributed by atoms with Gasteiger partial charge in [0.1, 0.15) is 5.75 Å². The first-order valence-corrected chi connectivity index (χ1v) is 7.96. The summed E-state index contributed by atoms with van der Waals surface area (Å²) in [6.07, 6.45) is 2.37. The molecule has 0 saturated carbocycles. The van der Waals surface area contributed by atoms with Crippen molar-refractivity contribution in [1.82, 2.24) is 0 Å². The van der Waals surface area contributed by atoms with E-state index in [4.69, 9.17) is 4.74 Å². The highest BCUT2D eigenvalue weighted by molar-refractivity contribution is 9.10. The summed E-state index contributed by atoms with van der Waals surface area (Å²) in [6, 6.07) is 12.4. The molecule has 1 unspecified atom stereocenters. The highest BCUT2D eigenvalue weighted by Gasteiger charge is 2.36. The molecule has 0 amide bonds. The fraction of sp³-hybridized carbons (Fsp3) is 0.333. The van der Waals surface area contributed by atoms with Crippen molar-refractivity contribution in [3.05, 3.63) is 63.1 Å². The first-order chi connectivity index (χ1) is 10.0. The van der Waals surface area contributed by atoms with Gasteiger partial charge in [0.2, 0.25) is 0 Å². The van der Waals surface area contributed by atoms with Gasteiger partial charge in [-0.3, -0.25) is 0 Å². The highest BCUT2D eigenvalue weighted by Crippen LogP contribution is 2.40. The lowest BCUT2D eigenvalue weighted by Gasteiger charge is -2.25. The summed E-state index contributed by atoms with van der Waals surface area (Å²) in [5, 5.41) is 11.1. The van der Waals surface area contributed by atoms with Crippen molar-refractivity contribution in [3.63, 3.8) is 0 Å². The number of aryl methyl sites for hydroxylation is 2. The maximum absolute atomic E-state index is 11.1. The van der Waals surface area contributed by atoms with Crippen LogP contribution in [0.3, 0.4) is 0 Å². The molecular formula is C18H19BrO2. The van der Waals surface area contributed by atoms with Gasteiger partial charge >= 0.3 is 0 Å². The maximum atomic E-state index is 11.1. The molecule has 0 saturated heterocycles. The predicted molar refractivity (Wildman–Crippen MR) is 87.8 cm³/mol. The number of fused-ring (bicyclic) bond motifs is 1. The minimum absolute atomic E-state index is 0.631. The molecule has 1 aliphatic rings. The number of rotatable bonds is 3. The third kappa shape index (κ3) is 2.72. The van der Waals surface area contributed by atoms with Gasteiger partial charge in [0.15, 0.2) is 0 Å². The molecule has 2 aromatic rings. The number of hydrogen-bond acceptors (Lipinski definition) is 2. The van der Waals surface area contributed by atoms with Gasteiger partial charge in [0.05, 0.1) is 17.2 Å². The topological polar surface area (TPSA) is 29.5 Å². The molecule has 0 spiro atoms. The summed E-state index contributed by atoms with van der Waals surface area (Å²) < 4.78 is 6.18. The van der Waals surface area contributed by atoms with Crippen molar-refractivity contribution in [1.29, 1.82) is 0 Å². The molecule has 3 heteroatoms. The molecule has 1 atom stereocenters. The van der Waals surface area contributed by atoms with E-state index in [0.29, 0.717) is 6.42 Å². The molecule has 0 heterocycles. The molecule has 1 N–H and O–H groups in total. The SMILES string of the molecule is COc1ccc(CC2(O)CCc3ccc(C)cc32)cc1Br. The quantitative estimate of drug-likeness (QED) is 0.904. The first kappa shape index (κ1) is 14.6. The summed E-state index contributed by atoms with van der Waals surface area (Å²) in [4.78, 5) is 0. The molecule has 0 aliphatic heterocycles. The smallest absolute Gasteiger partial charge is 0.133 e.